The van der Waals surface area contributed by atoms with Crippen LogP contribution in [0.5, 0.6) is 5.75 Å². The lowest BCUT2D eigenvalue weighted by Crippen LogP contribution is -2.28. The molecule has 2 aromatic rings. The molecule has 0 saturated heterocycles. The molecule has 6 heteroatoms. The van der Waals surface area contributed by atoms with Crippen LogP contribution < -0.4 is 10.1 Å². The summed E-state index contributed by atoms with van der Waals surface area (Å²) in [6.45, 7) is 7.40. The van der Waals surface area contributed by atoms with E-state index in [1.54, 1.807) is 0 Å². The first-order chi connectivity index (χ1) is 12.4. The predicted octanol–water partition coefficient (Wildman–Crippen LogP) is 4.67. The van der Waals surface area contributed by atoms with Crippen molar-refractivity contribution in [3.63, 3.8) is 0 Å². The van der Waals surface area contributed by atoms with Gasteiger partial charge in [-0.1, -0.05) is 31.9 Å². The van der Waals surface area contributed by atoms with Crippen LogP contribution in [0.15, 0.2) is 24.3 Å². The molecular formula is C20H26ClN3O2. The molecule has 1 aromatic heterocycles. The Labute approximate surface area is 159 Å². The molecule has 0 aliphatic heterocycles. The zero-order valence-corrected chi connectivity index (χ0v) is 16.3. The second-order valence-corrected chi connectivity index (χ2v) is 7.84. The molecule has 0 bridgehead atoms. The van der Waals surface area contributed by atoms with Crippen LogP contribution in [-0.2, 0) is 11.3 Å². The number of aromatic nitrogens is 2. The third kappa shape index (κ3) is 4.58. The Kier molecular flexibility index (Phi) is 5.87. The van der Waals surface area contributed by atoms with Gasteiger partial charge in [0.1, 0.15) is 5.75 Å². The van der Waals surface area contributed by atoms with Gasteiger partial charge in [0, 0.05) is 28.3 Å². The van der Waals surface area contributed by atoms with E-state index in [1.165, 1.54) is 0 Å². The Balaban J connectivity index is 1.74. The fraction of sp³-hybridized carbons (Fsp3) is 0.500. The summed E-state index contributed by atoms with van der Waals surface area (Å²) in [5.41, 5.74) is 1.95. The van der Waals surface area contributed by atoms with Crippen LogP contribution in [0.4, 0.5) is 5.82 Å². The smallest absolute Gasteiger partial charge is 0.228 e. The molecule has 3 rings (SSSR count). The highest BCUT2D eigenvalue weighted by Gasteiger charge is 2.25. The fourth-order valence-corrected chi connectivity index (χ4v) is 3.05. The molecule has 1 amide bonds. The second kappa shape index (κ2) is 8.12. The molecule has 1 fully saturated rings. The molecule has 0 spiro atoms. The van der Waals surface area contributed by atoms with Gasteiger partial charge < -0.3 is 10.1 Å². The third-order valence-electron chi connectivity index (χ3n) is 4.62. The van der Waals surface area contributed by atoms with Gasteiger partial charge in [0.25, 0.3) is 0 Å². The molecule has 0 atom stereocenters. The van der Waals surface area contributed by atoms with Gasteiger partial charge in [-0.15, -0.1) is 0 Å². The van der Waals surface area contributed by atoms with Crippen LogP contribution in [-0.4, -0.2) is 22.3 Å². The van der Waals surface area contributed by atoms with Gasteiger partial charge >= 0.3 is 0 Å². The Bertz CT molecular complexity index is 781. The topological polar surface area (TPSA) is 56.2 Å². The van der Waals surface area contributed by atoms with E-state index in [0.717, 1.165) is 36.3 Å². The van der Waals surface area contributed by atoms with Crippen LogP contribution in [0.2, 0.25) is 5.02 Å². The number of nitrogens with zero attached hydrogens (tertiary/aromatic N) is 2. The maximum absolute atomic E-state index is 12.1. The van der Waals surface area contributed by atoms with Gasteiger partial charge in [-0.3, -0.25) is 9.48 Å². The zero-order chi connectivity index (χ0) is 18.7. The lowest BCUT2D eigenvalue weighted by atomic mass is 9.85. The van der Waals surface area contributed by atoms with Crippen molar-refractivity contribution in [2.75, 3.05) is 11.9 Å². The van der Waals surface area contributed by atoms with E-state index in [1.807, 2.05) is 35.9 Å². The lowest BCUT2D eigenvalue weighted by Gasteiger charge is -2.23. The number of benzene rings is 1. The van der Waals surface area contributed by atoms with Crippen molar-refractivity contribution in [3.05, 3.63) is 40.5 Å². The first-order valence-corrected chi connectivity index (χ1v) is 9.56. The average molecular weight is 376 g/mol. The molecule has 0 unspecified atom stereocenters. The summed E-state index contributed by atoms with van der Waals surface area (Å²) in [5.74, 6) is 2.08. The molecule has 1 saturated carbocycles. The first-order valence-electron chi connectivity index (χ1n) is 9.19. The van der Waals surface area contributed by atoms with Gasteiger partial charge in [0.2, 0.25) is 5.91 Å². The fourth-order valence-electron chi connectivity index (χ4n) is 2.86. The molecule has 1 aromatic carbocycles. The minimum Gasteiger partial charge on any atom is -0.493 e. The van der Waals surface area contributed by atoms with Crippen LogP contribution in [0.3, 0.4) is 0 Å². The van der Waals surface area contributed by atoms with Crippen molar-refractivity contribution in [3.8, 4) is 5.75 Å². The van der Waals surface area contributed by atoms with Crippen LogP contribution in [0.1, 0.15) is 44.4 Å². The maximum atomic E-state index is 12.1. The van der Waals surface area contributed by atoms with Gasteiger partial charge in [0.15, 0.2) is 5.82 Å². The number of carbonyl (C=O) groups is 1. The number of ether oxygens (including phenoxy) is 1. The monoisotopic (exact) mass is 375 g/mol. The molecule has 1 N–H and O–H groups in total. The third-order valence-corrected chi connectivity index (χ3v) is 4.86. The number of carbonyl (C=O) groups excluding carboxylic acids is 1. The molecule has 26 heavy (non-hydrogen) atoms. The molecular weight excluding hydrogens is 350 g/mol. The molecule has 1 aliphatic rings. The number of rotatable bonds is 7. The van der Waals surface area contributed by atoms with Crippen molar-refractivity contribution in [2.45, 2.75) is 46.6 Å². The quantitative estimate of drug-likeness (QED) is 0.765. The van der Waals surface area contributed by atoms with E-state index in [2.05, 4.69) is 24.3 Å². The summed E-state index contributed by atoms with van der Waals surface area (Å²) in [6.07, 6.45) is 3.09. The van der Waals surface area contributed by atoms with E-state index in [4.69, 9.17) is 16.3 Å². The van der Waals surface area contributed by atoms with Crippen LogP contribution in [0.25, 0.3) is 0 Å². The van der Waals surface area contributed by atoms with E-state index < -0.39 is 0 Å². The number of anilines is 1. The largest absolute Gasteiger partial charge is 0.493 e. The maximum Gasteiger partial charge on any atom is 0.228 e. The predicted molar refractivity (Wildman–Crippen MR) is 104 cm³/mol. The summed E-state index contributed by atoms with van der Waals surface area (Å²) in [5, 5.41) is 8.13. The SMILES string of the molecule is Cc1cc(NC(=O)C2CCC2)nn1Cc1cc(Cl)ccc1OCC(C)C. The van der Waals surface area contributed by atoms with Gasteiger partial charge in [-0.05, 0) is 43.9 Å². The number of hydrogen-bond donors (Lipinski definition) is 1. The first kappa shape index (κ1) is 18.8. The Morgan fingerprint density at radius 3 is 2.81 bits per heavy atom. The van der Waals surface area contributed by atoms with Crippen molar-refractivity contribution >= 4 is 23.3 Å². The summed E-state index contributed by atoms with van der Waals surface area (Å²) in [7, 11) is 0. The summed E-state index contributed by atoms with van der Waals surface area (Å²) >= 11 is 6.17. The number of nitrogens with one attached hydrogen (secondary N) is 1. The van der Waals surface area contributed by atoms with Gasteiger partial charge in [0.05, 0.1) is 13.2 Å². The highest BCUT2D eigenvalue weighted by atomic mass is 35.5. The van der Waals surface area contributed by atoms with E-state index in [0.29, 0.717) is 29.9 Å². The van der Waals surface area contributed by atoms with Crippen molar-refractivity contribution in [1.29, 1.82) is 0 Å². The highest BCUT2D eigenvalue weighted by Crippen LogP contribution is 2.28. The number of aryl methyl sites for hydroxylation is 1. The van der Waals surface area contributed by atoms with Gasteiger partial charge in [-0.25, -0.2) is 0 Å². The number of hydrogen-bond acceptors (Lipinski definition) is 3. The van der Waals surface area contributed by atoms with Gasteiger partial charge in [-0.2, -0.15) is 5.10 Å². The minimum absolute atomic E-state index is 0.0737. The Morgan fingerprint density at radius 2 is 2.15 bits per heavy atom. The Hall–Kier alpha value is -2.01. The van der Waals surface area contributed by atoms with Crippen LogP contribution >= 0.6 is 11.6 Å². The number of amides is 1. The lowest BCUT2D eigenvalue weighted by molar-refractivity contribution is -0.122. The summed E-state index contributed by atoms with van der Waals surface area (Å²) < 4.78 is 7.79. The molecule has 5 nitrogen and oxygen atoms in total. The normalized spacial score (nSPS) is 14.3. The molecule has 140 valence electrons. The Morgan fingerprint density at radius 1 is 1.38 bits per heavy atom. The van der Waals surface area contributed by atoms with Crippen molar-refractivity contribution < 1.29 is 9.53 Å². The average Bonchev–Trinajstić information content (AvgIpc) is 2.84. The summed E-state index contributed by atoms with van der Waals surface area (Å²) in [4.78, 5) is 12.1. The molecule has 0 radical (unpaired) electrons. The van der Waals surface area contributed by atoms with Crippen molar-refractivity contribution in [1.82, 2.24) is 9.78 Å². The minimum atomic E-state index is 0.0737. The van der Waals surface area contributed by atoms with E-state index in [9.17, 15) is 4.79 Å². The molecule has 1 aliphatic carbocycles. The summed E-state index contributed by atoms with van der Waals surface area (Å²) in [6, 6.07) is 7.54. The van der Waals surface area contributed by atoms with Crippen molar-refractivity contribution in [2.24, 2.45) is 11.8 Å². The zero-order valence-electron chi connectivity index (χ0n) is 15.6. The van der Waals surface area contributed by atoms with E-state index >= 15 is 0 Å². The second-order valence-electron chi connectivity index (χ2n) is 7.40. The number of halogens is 1. The van der Waals surface area contributed by atoms with Crippen LogP contribution in [0, 0.1) is 18.8 Å². The standard InChI is InChI=1S/C20H26ClN3O2/c1-13(2)12-26-18-8-7-17(21)10-16(18)11-24-14(3)9-19(23-24)22-20(25)15-5-4-6-15/h7-10,13,15H,4-6,11-12H2,1-3H3,(H,22,23,25). The highest BCUT2D eigenvalue weighted by molar-refractivity contribution is 6.30. The van der Waals surface area contributed by atoms with E-state index in [-0.39, 0.29) is 11.8 Å². The molecule has 1 heterocycles.